The van der Waals surface area contributed by atoms with Crippen LogP contribution in [0.25, 0.3) is 0 Å². The molecule has 0 fully saturated rings. The van der Waals surface area contributed by atoms with Gasteiger partial charge < -0.3 is 10.5 Å². The van der Waals surface area contributed by atoms with Crippen LogP contribution in [0.1, 0.15) is 31.1 Å². The third-order valence-electron chi connectivity index (χ3n) is 2.47. The van der Waals surface area contributed by atoms with Crippen molar-refractivity contribution in [2.75, 3.05) is 5.73 Å². The third-order valence-corrected chi connectivity index (χ3v) is 2.96. The molecule has 0 saturated heterocycles. The van der Waals surface area contributed by atoms with Crippen molar-refractivity contribution in [3.05, 3.63) is 28.2 Å². The number of benzene rings is 1. The Hall–Kier alpha value is -1.03. The van der Waals surface area contributed by atoms with Crippen molar-refractivity contribution in [2.24, 2.45) is 5.92 Å². The molecule has 3 nitrogen and oxygen atoms in total. The molecule has 4 heteroatoms. The van der Waals surface area contributed by atoms with Crippen molar-refractivity contribution in [3.8, 4) is 0 Å². The van der Waals surface area contributed by atoms with E-state index in [9.17, 15) is 4.79 Å². The van der Waals surface area contributed by atoms with E-state index in [0.717, 1.165) is 4.47 Å². The lowest BCUT2D eigenvalue weighted by Crippen LogP contribution is -2.20. The SMILES string of the molecule is CC(C)C(C)OC(=O)c1cc(Br)ccc1N. The van der Waals surface area contributed by atoms with Crippen LogP contribution in [0.3, 0.4) is 0 Å². The van der Waals surface area contributed by atoms with Gasteiger partial charge in [-0.1, -0.05) is 29.8 Å². The molecule has 0 heterocycles. The number of hydrogen-bond acceptors (Lipinski definition) is 3. The fraction of sp³-hybridized carbons (Fsp3) is 0.417. The Labute approximate surface area is 104 Å². The van der Waals surface area contributed by atoms with Gasteiger partial charge in [0, 0.05) is 10.2 Å². The van der Waals surface area contributed by atoms with Gasteiger partial charge in [-0.3, -0.25) is 0 Å². The predicted molar refractivity (Wildman–Crippen MR) is 68.3 cm³/mol. The van der Waals surface area contributed by atoms with E-state index >= 15 is 0 Å². The number of nitrogen functional groups attached to an aromatic ring is 1. The van der Waals surface area contributed by atoms with E-state index in [1.165, 1.54) is 0 Å². The number of hydrogen-bond donors (Lipinski definition) is 1. The van der Waals surface area contributed by atoms with Crippen molar-refractivity contribution < 1.29 is 9.53 Å². The second kappa shape index (κ2) is 5.34. The first-order valence-corrected chi connectivity index (χ1v) is 5.97. The minimum absolute atomic E-state index is 0.120. The van der Waals surface area contributed by atoms with Crippen molar-refractivity contribution in [2.45, 2.75) is 26.9 Å². The first kappa shape index (κ1) is 13.0. The lowest BCUT2D eigenvalue weighted by atomic mass is 10.1. The number of esters is 1. The van der Waals surface area contributed by atoms with E-state index in [0.29, 0.717) is 11.3 Å². The highest BCUT2D eigenvalue weighted by Gasteiger charge is 2.17. The molecule has 1 atom stereocenters. The molecule has 0 aliphatic rings. The average Bonchev–Trinajstić information content (AvgIpc) is 2.21. The Bertz CT molecular complexity index is 391. The van der Waals surface area contributed by atoms with Gasteiger partial charge in [-0.05, 0) is 31.0 Å². The van der Waals surface area contributed by atoms with Gasteiger partial charge in [0.25, 0.3) is 0 Å². The Morgan fingerprint density at radius 1 is 1.38 bits per heavy atom. The number of anilines is 1. The van der Waals surface area contributed by atoms with E-state index in [1.807, 2.05) is 20.8 Å². The van der Waals surface area contributed by atoms with Crippen LogP contribution in [0, 0.1) is 5.92 Å². The molecule has 2 N–H and O–H groups in total. The Morgan fingerprint density at radius 3 is 2.56 bits per heavy atom. The quantitative estimate of drug-likeness (QED) is 0.685. The maximum atomic E-state index is 11.8. The summed E-state index contributed by atoms with van der Waals surface area (Å²) in [5.41, 5.74) is 6.56. The molecule has 0 aromatic heterocycles. The lowest BCUT2D eigenvalue weighted by Gasteiger charge is -2.17. The molecule has 0 radical (unpaired) electrons. The number of carbonyl (C=O) groups excluding carboxylic acids is 1. The maximum absolute atomic E-state index is 11.8. The molecule has 88 valence electrons. The second-order valence-electron chi connectivity index (χ2n) is 4.09. The van der Waals surface area contributed by atoms with E-state index in [1.54, 1.807) is 18.2 Å². The summed E-state index contributed by atoms with van der Waals surface area (Å²) in [5, 5.41) is 0. The van der Waals surface area contributed by atoms with Gasteiger partial charge >= 0.3 is 5.97 Å². The average molecular weight is 286 g/mol. The monoisotopic (exact) mass is 285 g/mol. The number of carbonyl (C=O) groups is 1. The molecule has 0 aliphatic heterocycles. The molecule has 0 spiro atoms. The zero-order chi connectivity index (χ0) is 12.3. The number of rotatable bonds is 3. The summed E-state index contributed by atoms with van der Waals surface area (Å²) in [7, 11) is 0. The maximum Gasteiger partial charge on any atom is 0.340 e. The van der Waals surface area contributed by atoms with Gasteiger partial charge in [-0.25, -0.2) is 4.79 Å². The van der Waals surface area contributed by atoms with Crippen LogP contribution in [0.2, 0.25) is 0 Å². The fourth-order valence-corrected chi connectivity index (χ4v) is 1.43. The molecule has 16 heavy (non-hydrogen) atoms. The van der Waals surface area contributed by atoms with Crippen molar-refractivity contribution in [3.63, 3.8) is 0 Å². The number of ether oxygens (including phenoxy) is 1. The zero-order valence-corrected chi connectivity index (χ0v) is 11.2. The van der Waals surface area contributed by atoms with Gasteiger partial charge in [-0.2, -0.15) is 0 Å². The number of nitrogens with two attached hydrogens (primary N) is 1. The largest absolute Gasteiger partial charge is 0.459 e. The predicted octanol–water partition coefficient (Wildman–Crippen LogP) is 3.23. The summed E-state index contributed by atoms with van der Waals surface area (Å²) >= 11 is 3.30. The van der Waals surface area contributed by atoms with Crippen LogP contribution >= 0.6 is 15.9 Å². The minimum atomic E-state index is -0.375. The molecule has 0 aliphatic carbocycles. The first-order chi connectivity index (χ1) is 7.41. The van der Waals surface area contributed by atoms with Gasteiger partial charge in [0.15, 0.2) is 0 Å². The summed E-state index contributed by atoms with van der Waals surface area (Å²) < 4.78 is 6.10. The standard InChI is InChI=1S/C12H16BrNO2/c1-7(2)8(3)16-12(15)10-6-9(13)4-5-11(10)14/h4-8H,14H2,1-3H3. The lowest BCUT2D eigenvalue weighted by molar-refractivity contribution is 0.0239. The smallest absolute Gasteiger partial charge is 0.340 e. The van der Waals surface area contributed by atoms with Crippen molar-refractivity contribution in [1.82, 2.24) is 0 Å². The fourth-order valence-electron chi connectivity index (χ4n) is 1.07. The van der Waals surface area contributed by atoms with Gasteiger partial charge in [0.1, 0.15) is 6.10 Å². The summed E-state index contributed by atoms with van der Waals surface area (Å²) in [6.07, 6.45) is -0.120. The van der Waals surface area contributed by atoms with Gasteiger partial charge in [0.2, 0.25) is 0 Å². The molecular formula is C12H16BrNO2. The molecule has 1 rings (SSSR count). The van der Waals surface area contributed by atoms with Gasteiger partial charge in [0.05, 0.1) is 5.56 Å². The van der Waals surface area contributed by atoms with Crippen LogP contribution in [0.4, 0.5) is 5.69 Å². The molecule has 0 saturated carbocycles. The molecule has 0 bridgehead atoms. The van der Waals surface area contributed by atoms with E-state index in [4.69, 9.17) is 10.5 Å². The Kier molecular flexibility index (Phi) is 4.35. The van der Waals surface area contributed by atoms with Crippen molar-refractivity contribution in [1.29, 1.82) is 0 Å². The second-order valence-corrected chi connectivity index (χ2v) is 5.00. The number of halogens is 1. The summed E-state index contributed by atoms with van der Waals surface area (Å²) in [5.74, 6) is -0.0858. The first-order valence-electron chi connectivity index (χ1n) is 5.18. The highest BCUT2D eigenvalue weighted by atomic mass is 79.9. The third kappa shape index (κ3) is 3.23. The van der Waals surface area contributed by atoms with E-state index < -0.39 is 0 Å². The minimum Gasteiger partial charge on any atom is -0.459 e. The molecule has 1 unspecified atom stereocenters. The normalized spacial score (nSPS) is 12.6. The topological polar surface area (TPSA) is 52.3 Å². The van der Waals surface area contributed by atoms with Gasteiger partial charge in [-0.15, -0.1) is 0 Å². The summed E-state index contributed by atoms with van der Waals surface area (Å²) in [6, 6.07) is 5.14. The molecule has 1 aromatic carbocycles. The van der Waals surface area contributed by atoms with Crippen molar-refractivity contribution >= 4 is 27.6 Å². The molecule has 1 aromatic rings. The molecule has 0 amide bonds. The zero-order valence-electron chi connectivity index (χ0n) is 9.66. The molecular weight excluding hydrogens is 270 g/mol. The van der Waals surface area contributed by atoms with Crippen LogP contribution in [0.5, 0.6) is 0 Å². The summed E-state index contributed by atoms with van der Waals surface area (Å²) in [6.45, 7) is 5.88. The Balaban J connectivity index is 2.84. The van der Waals surface area contributed by atoms with Crippen LogP contribution in [0.15, 0.2) is 22.7 Å². The summed E-state index contributed by atoms with van der Waals surface area (Å²) in [4.78, 5) is 11.8. The highest BCUT2D eigenvalue weighted by Crippen LogP contribution is 2.20. The van der Waals surface area contributed by atoms with Crippen LogP contribution in [-0.4, -0.2) is 12.1 Å². The Morgan fingerprint density at radius 2 is 2.00 bits per heavy atom. The van der Waals surface area contributed by atoms with E-state index in [-0.39, 0.29) is 18.0 Å². The van der Waals surface area contributed by atoms with Crippen LogP contribution < -0.4 is 5.73 Å². The highest BCUT2D eigenvalue weighted by molar-refractivity contribution is 9.10. The van der Waals surface area contributed by atoms with Crippen LogP contribution in [-0.2, 0) is 4.74 Å². The van der Waals surface area contributed by atoms with E-state index in [2.05, 4.69) is 15.9 Å².